The Morgan fingerprint density at radius 2 is 2.24 bits per heavy atom. The average molecular weight is 372 g/mol. The average Bonchev–Trinajstić information content (AvgIpc) is 3.18. The van der Waals surface area contributed by atoms with E-state index in [1.165, 1.54) is 28.8 Å². The zero-order valence-electron chi connectivity index (χ0n) is 13.5. The van der Waals surface area contributed by atoms with Gasteiger partial charge in [-0.25, -0.2) is 26.5 Å². The van der Waals surface area contributed by atoms with Crippen molar-refractivity contribution >= 4 is 27.0 Å². The first kappa shape index (κ1) is 17.7. The van der Waals surface area contributed by atoms with E-state index in [0.717, 1.165) is 0 Å². The van der Waals surface area contributed by atoms with Gasteiger partial charge in [0, 0.05) is 25.2 Å². The van der Waals surface area contributed by atoms with Gasteiger partial charge in [-0.3, -0.25) is 4.79 Å². The molecule has 0 spiro atoms. The lowest BCUT2D eigenvalue weighted by Gasteiger charge is -2.14. The Balaban J connectivity index is 1.63. The van der Waals surface area contributed by atoms with Crippen LogP contribution in [0.3, 0.4) is 0 Å². The number of aromatic nitrogens is 2. The number of imidazole rings is 1. The lowest BCUT2D eigenvalue weighted by Crippen LogP contribution is -2.32. The number of alkyl halides is 2. The second kappa shape index (κ2) is 6.68. The van der Waals surface area contributed by atoms with E-state index < -0.39 is 22.3 Å². The molecule has 0 saturated carbocycles. The number of hydrogen-bond donors (Lipinski definition) is 2. The summed E-state index contributed by atoms with van der Waals surface area (Å²) in [6.07, 6.45) is -0.851. The topological polar surface area (TPSA) is 95.2 Å². The van der Waals surface area contributed by atoms with E-state index in [1.54, 1.807) is 0 Å². The third-order valence-electron chi connectivity index (χ3n) is 4.24. The molecule has 1 amide bonds. The molecule has 2 heterocycles. The summed E-state index contributed by atoms with van der Waals surface area (Å²) in [6.45, 7) is 1.19. The van der Waals surface area contributed by atoms with Gasteiger partial charge < -0.3 is 10.3 Å². The molecule has 2 aromatic rings. The Labute approximate surface area is 143 Å². The van der Waals surface area contributed by atoms with E-state index in [9.17, 15) is 22.0 Å². The minimum absolute atomic E-state index is 0.0556. The third-order valence-corrected chi connectivity index (χ3v) is 5.51. The molecule has 10 heteroatoms. The van der Waals surface area contributed by atoms with Crippen molar-refractivity contribution in [2.24, 2.45) is 5.92 Å². The molecule has 1 aliphatic heterocycles. The molecule has 0 bridgehead atoms. The molecule has 1 fully saturated rings. The third kappa shape index (κ3) is 3.96. The summed E-state index contributed by atoms with van der Waals surface area (Å²) in [6, 6.07) is 4.50. The molecule has 0 aliphatic carbocycles. The van der Waals surface area contributed by atoms with Crippen molar-refractivity contribution in [1.82, 2.24) is 19.6 Å². The van der Waals surface area contributed by atoms with E-state index in [-0.39, 0.29) is 11.8 Å². The van der Waals surface area contributed by atoms with Crippen molar-refractivity contribution in [3.63, 3.8) is 0 Å². The number of sulfonamides is 1. The number of hydrogen-bond acceptors (Lipinski definition) is 4. The highest BCUT2D eigenvalue weighted by Gasteiger charge is 2.28. The smallest absolute Gasteiger partial charge is 0.295 e. The zero-order valence-corrected chi connectivity index (χ0v) is 14.3. The number of rotatable bonds is 5. The molecule has 1 unspecified atom stereocenters. The van der Waals surface area contributed by atoms with Crippen LogP contribution in [0.2, 0.25) is 0 Å². The van der Waals surface area contributed by atoms with Gasteiger partial charge in [0.25, 0.3) is 12.3 Å². The van der Waals surface area contributed by atoms with E-state index >= 15 is 0 Å². The molecule has 0 radical (unpaired) electrons. The molecular formula is C15H18F2N4O3S. The van der Waals surface area contributed by atoms with Crippen molar-refractivity contribution in [1.29, 1.82) is 0 Å². The van der Waals surface area contributed by atoms with Crippen LogP contribution in [0.15, 0.2) is 18.2 Å². The fraction of sp³-hybridized carbons (Fsp3) is 0.467. The second-order valence-corrected chi connectivity index (χ2v) is 8.12. The quantitative estimate of drug-likeness (QED) is 0.832. The van der Waals surface area contributed by atoms with Crippen LogP contribution < -0.4 is 5.32 Å². The first-order valence-corrected chi connectivity index (χ1v) is 9.60. The highest BCUT2D eigenvalue weighted by Crippen LogP contribution is 2.21. The van der Waals surface area contributed by atoms with E-state index in [2.05, 4.69) is 15.3 Å². The lowest BCUT2D eigenvalue weighted by atomic mass is 10.1. The van der Waals surface area contributed by atoms with Crippen LogP contribution in [0.5, 0.6) is 0 Å². The van der Waals surface area contributed by atoms with Crippen LogP contribution in [-0.4, -0.2) is 54.5 Å². The maximum Gasteiger partial charge on any atom is 0.295 e. The first-order valence-electron chi connectivity index (χ1n) is 7.75. The Hall–Kier alpha value is -2.07. The highest BCUT2D eigenvalue weighted by atomic mass is 32.2. The molecule has 3 rings (SSSR count). The van der Waals surface area contributed by atoms with Crippen LogP contribution >= 0.6 is 0 Å². The van der Waals surface area contributed by atoms with Crippen LogP contribution in [-0.2, 0) is 10.0 Å². The number of nitrogens with zero attached hydrogens (tertiary/aromatic N) is 2. The maximum absolute atomic E-state index is 12.7. The monoisotopic (exact) mass is 372 g/mol. The maximum atomic E-state index is 12.7. The SMILES string of the molecule is CS(=O)(=O)N1CCC(CNC(=O)c2ccc3nc(C(F)F)[nH]c3c2)C1. The van der Waals surface area contributed by atoms with Gasteiger partial charge >= 0.3 is 0 Å². The summed E-state index contributed by atoms with van der Waals surface area (Å²) in [7, 11) is -3.21. The summed E-state index contributed by atoms with van der Waals surface area (Å²) in [4.78, 5) is 18.5. The van der Waals surface area contributed by atoms with Crippen molar-refractivity contribution < 1.29 is 22.0 Å². The fourth-order valence-electron chi connectivity index (χ4n) is 2.88. The van der Waals surface area contributed by atoms with Crippen molar-refractivity contribution in [3.8, 4) is 0 Å². The first-order chi connectivity index (χ1) is 11.7. The van der Waals surface area contributed by atoms with Gasteiger partial charge in [0.05, 0.1) is 17.3 Å². The van der Waals surface area contributed by atoms with E-state index in [0.29, 0.717) is 42.7 Å². The molecule has 136 valence electrons. The van der Waals surface area contributed by atoms with Gasteiger partial charge in [0.1, 0.15) is 0 Å². The molecule has 1 aliphatic rings. The molecule has 1 aromatic heterocycles. The summed E-state index contributed by atoms with van der Waals surface area (Å²) < 4.78 is 49.7. The summed E-state index contributed by atoms with van der Waals surface area (Å²) in [5.41, 5.74) is 1.06. The summed E-state index contributed by atoms with van der Waals surface area (Å²) in [5, 5.41) is 2.76. The van der Waals surface area contributed by atoms with Crippen LogP contribution in [0.1, 0.15) is 29.0 Å². The molecular weight excluding hydrogens is 354 g/mol. The lowest BCUT2D eigenvalue weighted by molar-refractivity contribution is 0.0948. The Morgan fingerprint density at radius 3 is 2.88 bits per heavy atom. The normalized spacial score (nSPS) is 19.0. The molecule has 25 heavy (non-hydrogen) atoms. The number of amides is 1. The molecule has 1 atom stereocenters. The minimum Gasteiger partial charge on any atom is -0.352 e. The largest absolute Gasteiger partial charge is 0.352 e. The summed E-state index contributed by atoms with van der Waals surface area (Å²) >= 11 is 0. The Kier molecular flexibility index (Phi) is 4.74. The Bertz CT molecular complexity index is 897. The second-order valence-electron chi connectivity index (χ2n) is 6.14. The van der Waals surface area contributed by atoms with Crippen molar-refractivity contribution in [3.05, 3.63) is 29.6 Å². The van der Waals surface area contributed by atoms with Gasteiger partial charge in [-0.1, -0.05) is 0 Å². The van der Waals surface area contributed by atoms with Crippen LogP contribution in [0.25, 0.3) is 11.0 Å². The molecule has 7 nitrogen and oxygen atoms in total. The van der Waals surface area contributed by atoms with Gasteiger partial charge in [-0.05, 0) is 30.5 Å². The summed E-state index contributed by atoms with van der Waals surface area (Å²) in [5.74, 6) is -0.715. The van der Waals surface area contributed by atoms with Crippen LogP contribution in [0.4, 0.5) is 8.78 Å². The number of nitrogens with one attached hydrogen (secondary N) is 2. The standard InChI is InChI=1S/C15H18F2N4O3S/c1-25(23,24)21-5-4-9(8-21)7-18-15(22)10-2-3-11-12(6-10)20-14(19-11)13(16)17/h2-3,6,9,13H,4-5,7-8H2,1H3,(H,18,22)(H,19,20). The molecule has 1 saturated heterocycles. The number of carbonyl (C=O) groups excluding carboxylic acids is 1. The van der Waals surface area contributed by atoms with Gasteiger partial charge in [0.15, 0.2) is 5.82 Å². The number of H-pyrrole nitrogens is 1. The number of carbonyl (C=O) groups is 1. The minimum atomic E-state index is -3.21. The van der Waals surface area contributed by atoms with Gasteiger partial charge in [0.2, 0.25) is 10.0 Å². The van der Waals surface area contributed by atoms with Crippen LogP contribution in [0, 0.1) is 5.92 Å². The number of benzene rings is 1. The van der Waals surface area contributed by atoms with Gasteiger partial charge in [-0.15, -0.1) is 0 Å². The predicted octanol–water partition coefficient (Wildman–Crippen LogP) is 1.51. The molecule has 1 aromatic carbocycles. The Morgan fingerprint density at radius 1 is 1.48 bits per heavy atom. The highest BCUT2D eigenvalue weighted by molar-refractivity contribution is 7.88. The number of fused-ring (bicyclic) bond motifs is 1. The number of halogens is 2. The zero-order chi connectivity index (χ0) is 18.2. The van der Waals surface area contributed by atoms with Crippen molar-refractivity contribution in [2.75, 3.05) is 25.9 Å². The molecule has 2 N–H and O–H groups in total. The van der Waals surface area contributed by atoms with E-state index in [1.807, 2.05) is 0 Å². The van der Waals surface area contributed by atoms with Gasteiger partial charge in [-0.2, -0.15) is 0 Å². The van der Waals surface area contributed by atoms with Crippen molar-refractivity contribution in [2.45, 2.75) is 12.8 Å². The van der Waals surface area contributed by atoms with E-state index in [4.69, 9.17) is 0 Å². The number of aromatic amines is 1. The predicted molar refractivity (Wildman–Crippen MR) is 87.9 cm³/mol. The fourth-order valence-corrected chi connectivity index (χ4v) is 3.80.